The van der Waals surface area contributed by atoms with Gasteiger partial charge in [0.05, 0.1) is 25.3 Å². The van der Waals surface area contributed by atoms with E-state index in [1.807, 2.05) is 12.1 Å². The molecule has 7 nitrogen and oxygen atoms in total. The van der Waals surface area contributed by atoms with Crippen molar-refractivity contribution in [1.82, 2.24) is 9.97 Å². The second kappa shape index (κ2) is 7.43. The van der Waals surface area contributed by atoms with Crippen LogP contribution in [0.3, 0.4) is 0 Å². The van der Waals surface area contributed by atoms with Gasteiger partial charge in [-0.3, -0.25) is 0 Å². The van der Waals surface area contributed by atoms with E-state index in [0.29, 0.717) is 11.4 Å². The first kappa shape index (κ1) is 19.1. The minimum atomic E-state index is -0.285. The van der Waals surface area contributed by atoms with Gasteiger partial charge in [-0.1, -0.05) is 6.07 Å². The topological polar surface area (TPSA) is 90.8 Å². The fourth-order valence-corrected chi connectivity index (χ4v) is 4.09. The van der Waals surface area contributed by atoms with E-state index < -0.39 is 0 Å². The van der Waals surface area contributed by atoms with Crippen LogP contribution in [0, 0.1) is 0 Å². The van der Waals surface area contributed by atoms with Gasteiger partial charge in [0.25, 0.3) is 0 Å². The summed E-state index contributed by atoms with van der Waals surface area (Å²) >= 11 is 0. The summed E-state index contributed by atoms with van der Waals surface area (Å²) in [5.41, 5.74) is 6.12. The lowest BCUT2D eigenvalue weighted by atomic mass is 9.99. The monoisotopic (exact) mass is 417 g/mol. The predicted octanol–water partition coefficient (Wildman–Crippen LogP) is 4.22. The minimum Gasteiger partial charge on any atom is -0.504 e. The number of imidazole rings is 1. The number of nitrogens with zero attached hydrogens (tertiary/aromatic N) is 2. The van der Waals surface area contributed by atoms with Crippen molar-refractivity contribution in [2.75, 3.05) is 25.7 Å². The molecule has 4 aromatic rings. The Morgan fingerprint density at radius 1 is 0.968 bits per heavy atom. The molecular weight excluding hydrogens is 394 g/mol. The van der Waals surface area contributed by atoms with Crippen molar-refractivity contribution in [3.63, 3.8) is 0 Å². The zero-order valence-electron chi connectivity index (χ0n) is 17.3. The molecule has 3 aromatic carbocycles. The SMILES string of the molecule is COc1ccc2c(c1)CCN(c1ccc3nc(-c4cc(O)c(O)c(OC)c4)[nH]c3c1)C2. The van der Waals surface area contributed by atoms with Gasteiger partial charge in [0, 0.05) is 24.3 Å². The summed E-state index contributed by atoms with van der Waals surface area (Å²) in [4.78, 5) is 10.3. The van der Waals surface area contributed by atoms with Gasteiger partial charge in [0.1, 0.15) is 11.6 Å². The zero-order chi connectivity index (χ0) is 21.5. The van der Waals surface area contributed by atoms with Crippen molar-refractivity contribution < 1.29 is 19.7 Å². The van der Waals surface area contributed by atoms with Crippen LogP contribution >= 0.6 is 0 Å². The lowest BCUT2D eigenvalue weighted by Crippen LogP contribution is -2.30. The molecule has 0 fully saturated rings. The fraction of sp³-hybridized carbons (Fsp3) is 0.208. The molecule has 3 N–H and O–H groups in total. The Hall–Kier alpha value is -3.87. The van der Waals surface area contributed by atoms with Crippen LogP contribution in [-0.2, 0) is 13.0 Å². The highest BCUT2D eigenvalue weighted by atomic mass is 16.5. The largest absolute Gasteiger partial charge is 0.504 e. The quantitative estimate of drug-likeness (QED) is 0.431. The molecule has 0 amide bonds. The normalized spacial score (nSPS) is 13.3. The highest BCUT2D eigenvalue weighted by Crippen LogP contribution is 2.39. The van der Waals surface area contributed by atoms with Gasteiger partial charge in [-0.2, -0.15) is 0 Å². The van der Waals surface area contributed by atoms with Crippen molar-refractivity contribution in [2.24, 2.45) is 0 Å². The molecule has 5 rings (SSSR count). The van der Waals surface area contributed by atoms with Gasteiger partial charge in [-0.25, -0.2) is 4.98 Å². The number of anilines is 1. The maximum Gasteiger partial charge on any atom is 0.200 e. The number of hydrogen-bond donors (Lipinski definition) is 3. The standard InChI is InChI=1S/C24H23N3O4/c1-30-18-5-3-15-13-27(8-7-14(15)9-18)17-4-6-19-20(12-17)26-24(25-19)16-10-21(28)23(29)22(11-16)31-2/h3-6,9-12,28-29H,7-8,13H2,1-2H3,(H,25,26). The van der Waals surface area contributed by atoms with Crippen molar-refractivity contribution in [1.29, 1.82) is 0 Å². The average molecular weight is 417 g/mol. The number of H-pyrrole nitrogens is 1. The van der Waals surface area contributed by atoms with E-state index in [1.54, 1.807) is 13.2 Å². The van der Waals surface area contributed by atoms with Gasteiger partial charge in [0.15, 0.2) is 11.5 Å². The molecule has 0 saturated carbocycles. The number of methoxy groups -OCH3 is 2. The summed E-state index contributed by atoms with van der Waals surface area (Å²) in [5.74, 6) is 1.15. The molecule has 0 spiro atoms. The summed E-state index contributed by atoms with van der Waals surface area (Å²) in [6.45, 7) is 1.77. The Morgan fingerprint density at radius 2 is 1.84 bits per heavy atom. The maximum absolute atomic E-state index is 9.99. The Bertz CT molecular complexity index is 1280. The molecule has 158 valence electrons. The van der Waals surface area contributed by atoms with Gasteiger partial charge >= 0.3 is 0 Å². The second-order valence-corrected chi connectivity index (χ2v) is 7.64. The molecular formula is C24H23N3O4. The molecule has 2 heterocycles. The lowest BCUT2D eigenvalue weighted by Gasteiger charge is -2.31. The smallest absolute Gasteiger partial charge is 0.200 e. The third-order valence-electron chi connectivity index (χ3n) is 5.80. The maximum atomic E-state index is 9.99. The van der Waals surface area contributed by atoms with Gasteiger partial charge < -0.3 is 29.6 Å². The number of phenols is 2. The van der Waals surface area contributed by atoms with E-state index in [-0.39, 0.29) is 17.2 Å². The predicted molar refractivity (Wildman–Crippen MR) is 119 cm³/mol. The van der Waals surface area contributed by atoms with E-state index in [2.05, 4.69) is 39.1 Å². The van der Waals surface area contributed by atoms with Crippen LogP contribution in [0.2, 0.25) is 0 Å². The molecule has 1 aliphatic heterocycles. The van der Waals surface area contributed by atoms with Gasteiger partial charge in [-0.15, -0.1) is 0 Å². The third-order valence-corrected chi connectivity index (χ3v) is 5.80. The fourth-order valence-electron chi connectivity index (χ4n) is 4.09. The van der Waals surface area contributed by atoms with Gasteiger partial charge in [-0.05, 0) is 60.0 Å². The molecule has 0 saturated heterocycles. The number of nitrogens with one attached hydrogen (secondary N) is 1. The third kappa shape index (κ3) is 3.38. The van der Waals surface area contributed by atoms with E-state index in [1.165, 1.54) is 24.3 Å². The molecule has 0 aliphatic carbocycles. The first-order valence-electron chi connectivity index (χ1n) is 10.1. The Balaban J connectivity index is 1.46. The Labute approximate surface area is 179 Å². The van der Waals surface area contributed by atoms with E-state index >= 15 is 0 Å². The van der Waals surface area contributed by atoms with E-state index in [9.17, 15) is 10.2 Å². The Kier molecular flexibility index (Phi) is 4.58. The number of aromatic hydroxyl groups is 2. The zero-order valence-corrected chi connectivity index (χ0v) is 17.3. The van der Waals surface area contributed by atoms with Crippen LogP contribution in [0.15, 0.2) is 48.5 Å². The second-order valence-electron chi connectivity index (χ2n) is 7.64. The molecule has 0 radical (unpaired) electrons. The van der Waals surface area contributed by atoms with Crippen LogP contribution in [0.25, 0.3) is 22.4 Å². The number of fused-ring (bicyclic) bond motifs is 2. The molecule has 0 bridgehead atoms. The molecule has 0 atom stereocenters. The number of ether oxygens (including phenoxy) is 2. The van der Waals surface area contributed by atoms with Crippen LogP contribution in [0.1, 0.15) is 11.1 Å². The lowest BCUT2D eigenvalue weighted by molar-refractivity contribution is 0.351. The first-order valence-corrected chi connectivity index (χ1v) is 10.1. The van der Waals surface area contributed by atoms with Gasteiger partial charge in [0.2, 0.25) is 5.75 Å². The first-order chi connectivity index (χ1) is 15.1. The molecule has 31 heavy (non-hydrogen) atoms. The summed E-state index contributed by atoms with van der Waals surface area (Å²) in [5, 5.41) is 19.9. The van der Waals surface area contributed by atoms with Crippen molar-refractivity contribution in [3.05, 3.63) is 59.7 Å². The van der Waals surface area contributed by atoms with Crippen molar-refractivity contribution in [2.45, 2.75) is 13.0 Å². The van der Waals surface area contributed by atoms with Crippen LogP contribution in [0.4, 0.5) is 5.69 Å². The summed E-state index contributed by atoms with van der Waals surface area (Å²) < 4.78 is 10.5. The van der Waals surface area contributed by atoms with Crippen LogP contribution in [-0.4, -0.2) is 40.9 Å². The van der Waals surface area contributed by atoms with Crippen LogP contribution < -0.4 is 14.4 Å². The van der Waals surface area contributed by atoms with Crippen LogP contribution in [0.5, 0.6) is 23.0 Å². The summed E-state index contributed by atoms with van der Waals surface area (Å²) in [6, 6.07) is 15.5. The number of aromatic nitrogens is 2. The minimum absolute atomic E-state index is 0.194. The van der Waals surface area contributed by atoms with Crippen molar-refractivity contribution in [3.8, 4) is 34.4 Å². The average Bonchev–Trinajstić information content (AvgIpc) is 3.23. The number of phenolic OH excluding ortho intramolecular Hbond substituents is 2. The number of rotatable bonds is 4. The number of hydrogen-bond acceptors (Lipinski definition) is 6. The van der Waals surface area contributed by atoms with E-state index in [4.69, 9.17) is 9.47 Å². The molecule has 7 heteroatoms. The molecule has 0 unspecified atom stereocenters. The number of benzene rings is 3. The summed E-state index contributed by atoms with van der Waals surface area (Å²) in [7, 11) is 3.14. The highest BCUT2D eigenvalue weighted by molar-refractivity contribution is 5.83. The highest BCUT2D eigenvalue weighted by Gasteiger charge is 2.19. The Morgan fingerprint density at radius 3 is 2.65 bits per heavy atom. The number of aromatic amines is 1. The molecule has 1 aromatic heterocycles. The summed E-state index contributed by atoms with van der Waals surface area (Å²) in [6.07, 6.45) is 0.964. The van der Waals surface area contributed by atoms with Crippen molar-refractivity contribution >= 4 is 16.7 Å². The van der Waals surface area contributed by atoms with E-state index in [0.717, 1.165) is 42.0 Å². The molecule has 1 aliphatic rings.